The Kier molecular flexibility index (Phi) is 6.80. The Bertz CT molecular complexity index is 792. The van der Waals surface area contributed by atoms with Crippen LogP contribution in [0.4, 0.5) is 0 Å². The van der Waals surface area contributed by atoms with Crippen molar-refractivity contribution in [1.29, 1.82) is 0 Å². The largest absolute Gasteiger partial charge is 0.381 e. The third kappa shape index (κ3) is 5.05. The zero-order valence-corrected chi connectivity index (χ0v) is 16.8. The van der Waals surface area contributed by atoms with Gasteiger partial charge in [-0.05, 0) is 45.2 Å². The monoisotopic (exact) mass is 369 g/mol. The predicted octanol–water partition coefficient (Wildman–Crippen LogP) is 3.70. The number of aryl methyl sites for hydroxylation is 1. The maximum atomic E-state index is 12.4. The van der Waals surface area contributed by atoms with E-state index in [4.69, 9.17) is 4.74 Å². The summed E-state index contributed by atoms with van der Waals surface area (Å²) in [6.07, 6.45) is 5.08. The molecule has 1 aliphatic heterocycles. The van der Waals surface area contributed by atoms with Gasteiger partial charge in [0.25, 0.3) is 5.56 Å². The van der Waals surface area contributed by atoms with E-state index < -0.39 is 0 Å². The van der Waals surface area contributed by atoms with Crippen molar-refractivity contribution in [3.8, 4) is 11.4 Å². The van der Waals surface area contributed by atoms with Crippen LogP contribution in [0.3, 0.4) is 0 Å². The van der Waals surface area contributed by atoms with Crippen LogP contribution in [0.5, 0.6) is 0 Å². The first-order valence-electron chi connectivity index (χ1n) is 10.1. The molecule has 146 valence electrons. The second-order valence-corrected chi connectivity index (χ2v) is 7.54. The molecule has 1 N–H and O–H groups in total. The predicted molar refractivity (Wildman–Crippen MR) is 109 cm³/mol. The maximum absolute atomic E-state index is 12.4. The molecule has 1 aromatic carbocycles. The van der Waals surface area contributed by atoms with Crippen LogP contribution in [0.15, 0.2) is 29.1 Å². The van der Waals surface area contributed by atoms with Crippen molar-refractivity contribution in [2.24, 2.45) is 0 Å². The Morgan fingerprint density at radius 3 is 2.56 bits per heavy atom. The lowest BCUT2D eigenvalue weighted by Crippen LogP contribution is -2.36. The summed E-state index contributed by atoms with van der Waals surface area (Å²) >= 11 is 0. The third-order valence-electron chi connectivity index (χ3n) is 5.48. The number of nitrogens with zero attached hydrogens (tertiary/aromatic N) is 2. The Morgan fingerprint density at radius 1 is 1.22 bits per heavy atom. The number of nitrogens with one attached hydrogen (secondary N) is 1. The van der Waals surface area contributed by atoms with Crippen LogP contribution in [-0.2, 0) is 17.7 Å². The minimum atomic E-state index is -0.00530. The first kappa shape index (κ1) is 19.8. The summed E-state index contributed by atoms with van der Waals surface area (Å²) in [7, 11) is 2.18. The molecule has 0 saturated carbocycles. The van der Waals surface area contributed by atoms with Gasteiger partial charge in [-0.2, -0.15) is 0 Å². The van der Waals surface area contributed by atoms with E-state index in [-0.39, 0.29) is 5.56 Å². The van der Waals surface area contributed by atoms with E-state index in [1.54, 1.807) is 0 Å². The van der Waals surface area contributed by atoms with E-state index in [0.29, 0.717) is 11.9 Å². The molecule has 0 amide bonds. The maximum Gasteiger partial charge on any atom is 0.254 e. The molecule has 0 unspecified atom stereocenters. The molecule has 0 atom stereocenters. The topological polar surface area (TPSA) is 58.2 Å². The van der Waals surface area contributed by atoms with Gasteiger partial charge in [0.05, 0.1) is 0 Å². The average Bonchev–Trinajstić information content (AvgIpc) is 2.68. The molecule has 1 aliphatic rings. The number of hydrogen-bond acceptors (Lipinski definition) is 4. The van der Waals surface area contributed by atoms with Crippen LogP contribution in [-0.4, -0.2) is 41.2 Å². The van der Waals surface area contributed by atoms with Crippen LogP contribution in [0.2, 0.25) is 0 Å². The first-order valence-corrected chi connectivity index (χ1v) is 10.1. The highest BCUT2D eigenvalue weighted by atomic mass is 16.5. The van der Waals surface area contributed by atoms with Crippen molar-refractivity contribution in [2.45, 2.75) is 58.5 Å². The van der Waals surface area contributed by atoms with Crippen molar-refractivity contribution in [1.82, 2.24) is 14.9 Å². The molecule has 2 heterocycles. The average molecular weight is 370 g/mol. The fraction of sp³-hybridized carbons (Fsp3) is 0.545. The fourth-order valence-electron chi connectivity index (χ4n) is 3.71. The summed E-state index contributed by atoms with van der Waals surface area (Å²) in [6, 6.07) is 8.96. The van der Waals surface area contributed by atoms with Crippen molar-refractivity contribution in [3.05, 3.63) is 51.4 Å². The highest BCUT2D eigenvalue weighted by Crippen LogP contribution is 2.19. The third-order valence-corrected chi connectivity index (χ3v) is 5.48. The summed E-state index contributed by atoms with van der Waals surface area (Å²) in [5.41, 5.74) is 3.87. The highest BCUT2D eigenvalue weighted by molar-refractivity contribution is 5.55. The van der Waals surface area contributed by atoms with Gasteiger partial charge in [-0.3, -0.25) is 9.69 Å². The minimum Gasteiger partial charge on any atom is -0.381 e. The summed E-state index contributed by atoms with van der Waals surface area (Å²) in [4.78, 5) is 22.4. The molecule has 5 heteroatoms. The molecule has 1 saturated heterocycles. The van der Waals surface area contributed by atoms with E-state index in [2.05, 4.69) is 53.1 Å². The zero-order chi connectivity index (χ0) is 19.2. The van der Waals surface area contributed by atoms with Crippen LogP contribution in [0, 0.1) is 6.92 Å². The quantitative estimate of drug-likeness (QED) is 0.808. The van der Waals surface area contributed by atoms with E-state index in [1.807, 2.05) is 6.92 Å². The number of aromatic amines is 1. The van der Waals surface area contributed by atoms with E-state index in [1.165, 1.54) is 5.56 Å². The second kappa shape index (κ2) is 9.29. The van der Waals surface area contributed by atoms with Crippen molar-refractivity contribution < 1.29 is 4.74 Å². The first-order chi connectivity index (χ1) is 13.1. The van der Waals surface area contributed by atoms with Crippen LogP contribution in [0.25, 0.3) is 11.4 Å². The molecular weight excluding hydrogens is 338 g/mol. The van der Waals surface area contributed by atoms with E-state index in [9.17, 15) is 4.79 Å². The molecule has 0 bridgehead atoms. The Morgan fingerprint density at radius 2 is 1.93 bits per heavy atom. The number of ether oxygens (including phenoxy) is 1. The molecule has 0 aliphatic carbocycles. The van der Waals surface area contributed by atoms with Crippen LogP contribution >= 0.6 is 0 Å². The van der Waals surface area contributed by atoms with Gasteiger partial charge in [-0.15, -0.1) is 0 Å². The van der Waals surface area contributed by atoms with Gasteiger partial charge >= 0.3 is 0 Å². The lowest BCUT2D eigenvalue weighted by atomic mass is 10.1. The van der Waals surface area contributed by atoms with Gasteiger partial charge in [0.1, 0.15) is 5.82 Å². The number of aromatic nitrogens is 2. The molecule has 1 fully saturated rings. The Hall–Kier alpha value is -1.98. The number of hydrogen-bond donors (Lipinski definition) is 1. The standard InChI is InChI=1S/C22H31N3O2/c1-4-5-6-20-16(2)23-21(24-22(20)26)18-9-7-17(8-10-18)15-25(3)19-11-13-27-14-12-19/h7-10,19H,4-6,11-15H2,1-3H3,(H,23,24,26). The lowest BCUT2D eigenvalue weighted by Gasteiger charge is -2.31. The SMILES string of the molecule is CCCCc1c(C)nc(-c2ccc(CN(C)C3CCOCC3)cc2)[nH]c1=O. The minimum absolute atomic E-state index is 0.00530. The molecule has 1 aromatic heterocycles. The van der Waals surface area contributed by atoms with Gasteiger partial charge in [-0.25, -0.2) is 4.98 Å². The molecule has 0 spiro atoms. The summed E-state index contributed by atoms with van der Waals surface area (Å²) in [6.45, 7) is 6.71. The Balaban J connectivity index is 1.70. The molecule has 3 rings (SSSR count). The normalized spacial score (nSPS) is 15.4. The van der Waals surface area contributed by atoms with E-state index >= 15 is 0 Å². The molecule has 5 nitrogen and oxygen atoms in total. The van der Waals surface area contributed by atoms with Gasteiger partial charge in [0, 0.05) is 42.6 Å². The van der Waals surface area contributed by atoms with Gasteiger partial charge in [0.2, 0.25) is 0 Å². The van der Waals surface area contributed by atoms with Crippen molar-refractivity contribution >= 4 is 0 Å². The van der Waals surface area contributed by atoms with Gasteiger partial charge in [-0.1, -0.05) is 37.6 Å². The van der Waals surface area contributed by atoms with Crippen LogP contribution < -0.4 is 5.56 Å². The van der Waals surface area contributed by atoms with Gasteiger partial charge < -0.3 is 9.72 Å². The number of unbranched alkanes of at least 4 members (excludes halogenated alkanes) is 1. The van der Waals surface area contributed by atoms with E-state index in [0.717, 1.165) is 68.7 Å². The molecular formula is C22H31N3O2. The van der Waals surface area contributed by atoms with Crippen molar-refractivity contribution in [2.75, 3.05) is 20.3 Å². The van der Waals surface area contributed by atoms with Crippen LogP contribution in [0.1, 0.15) is 49.4 Å². The zero-order valence-electron chi connectivity index (χ0n) is 16.8. The summed E-state index contributed by atoms with van der Waals surface area (Å²) in [5, 5.41) is 0. The number of benzene rings is 1. The summed E-state index contributed by atoms with van der Waals surface area (Å²) < 4.78 is 5.45. The smallest absolute Gasteiger partial charge is 0.254 e. The fourth-order valence-corrected chi connectivity index (χ4v) is 3.71. The molecule has 0 radical (unpaired) electrons. The van der Waals surface area contributed by atoms with Gasteiger partial charge in [0.15, 0.2) is 0 Å². The molecule has 27 heavy (non-hydrogen) atoms. The van der Waals surface area contributed by atoms with Crippen molar-refractivity contribution in [3.63, 3.8) is 0 Å². The summed E-state index contributed by atoms with van der Waals surface area (Å²) in [5.74, 6) is 0.655. The number of rotatable bonds is 7. The highest BCUT2D eigenvalue weighted by Gasteiger charge is 2.18. The second-order valence-electron chi connectivity index (χ2n) is 7.54. The Labute approximate surface area is 161 Å². The lowest BCUT2D eigenvalue weighted by molar-refractivity contribution is 0.0407. The number of H-pyrrole nitrogens is 1. The molecule has 2 aromatic rings.